The Kier molecular flexibility index (Phi) is 2.59. The third kappa shape index (κ3) is 1.89. The fourth-order valence-corrected chi connectivity index (χ4v) is 2.24. The van der Waals surface area contributed by atoms with E-state index in [1.807, 2.05) is 25.4 Å². The summed E-state index contributed by atoms with van der Waals surface area (Å²) in [6.07, 6.45) is 3.74. The predicted octanol–water partition coefficient (Wildman–Crippen LogP) is 2.37. The molecule has 0 atom stereocenters. The van der Waals surface area contributed by atoms with E-state index < -0.39 is 0 Å². The molecule has 0 amide bonds. The summed E-state index contributed by atoms with van der Waals surface area (Å²) >= 11 is 0. The fraction of sp³-hybridized carbons (Fsp3) is 0.143. The minimum absolute atomic E-state index is 0.508. The molecule has 0 aliphatic carbocycles. The number of nitrogens with zero attached hydrogens (tertiary/aromatic N) is 3. The van der Waals surface area contributed by atoms with Gasteiger partial charge in [0.15, 0.2) is 5.82 Å². The highest BCUT2D eigenvalue weighted by Gasteiger charge is 2.16. The molecule has 0 radical (unpaired) electrons. The number of anilines is 1. The first kappa shape index (κ1) is 11.5. The first-order chi connectivity index (χ1) is 9.16. The molecule has 0 saturated carbocycles. The van der Waals surface area contributed by atoms with Crippen LogP contribution in [0.25, 0.3) is 22.4 Å². The molecule has 5 nitrogen and oxygen atoms in total. The molecule has 2 aromatic heterocycles. The predicted molar refractivity (Wildman–Crippen MR) is 75.4 cm³/mol. The van der Waals surface area contributed by atoms with Crippen LogP contribution in [0.5, 0.6) is 0 Å². The number of aryl methyl sites for hydroxylation is 2. The number of benzene rings is 1. The fourth-order valence-electron chi connectivity index (χ4n) is 2.24. The molecule has 96 valence electrons. The zero-order chi connectivity index (χ0) is 13.4. The number of nitrogens with two attached hydrogens (primary N) is 1. The lowest BCUT2D eigenvalue weighted by Crippen LogP contribution is -1.90. The zero-order valence-corrected chi connectivity index (χ0v) is 10.9. The Hall–Kier alpha value is -2.56. The average Bonchev–Trinajstić information content (AvgIpc) is 2.96. The van der Waals surface area contributed by atoms with Gasteiger partial charge >= 0.3 is 0 Å². The van der Waals surface area contributed by atoms with Gasteiger partial charge in [0.05, 0.1) is 17.5 Å². The van der Waals surface area contributed by atoms with Crippen LogP contribution in [-0.4, -0.2) is 20.0 Å². The molecule has 2 heterocycles. The summed E-state index contributed by atoms with van der Waals surface area (Å²) in [5.74, 6) is 0.508. The van der Waals surface area contributed by atoms with Crippen molar-refractivity contribution in [2.45, 2.75) is 6.92 Å². The van der Waals surface area contributed by atoms with Crippen LogP contribution in [0.2, 0.25) is 0 Å². The van der Waals surface area contributed by atoms with Crippen molar-refractivity contribution in [3.05, 3.63) is 42.2 Å². The quantitative estimate of drug-likeness (QED) is 0.736. The first-order valence-electron chi connectivity index (χ1n) is 6.05. The zero-order valence-electron chi connectivity index (χ0n) is 10.9. The molecular weight excluding hydrogens is 238 g/mol. The van der Waals surface area contributed by atoms with Gasteiger partial charge in [-0.3, -0.25) is 9.78 Å². The van der Waals surface area contributed by atoms with Crippen LogP contribution in [0.4, 0.5) is 5.82 Å². The van der Waals surface area contributed by atoms with E-state index in [4.69, 9.17) is 5.73 Å². The number of nitrogens with one attached hydrogen (secondary N) is 1. The summed E-state index contributed by atoms with van der Waals surface area (Å²) in [6, 6.07) is 8.13. The molecular formula is C14H15N5. The van der Waals surface area contributed by atoms with E-state index in [0.717, 1.165) is 22.4 Å². The van der Waals surface area contributed by atoms with E-state index in [1.54, 1.807) is 10.9 Å². The number of nitrogen functional groups attached to an aromatic ring is 1. The van der Waals surface area contributed by atoms with Gasteiger partial charge in [0, 0.05) is 18.8 Å². The van der Waals surface area contributed by atoms with Crippen molar-refractivity contribution in [1.29, 1.82) is 0 Å². The highest BCUT2D eigenvalue weighted by molar-refractivity contribution is 5.88. The second-order valence-electron chi connectivity index (χ2n) is 4.58. The molecule has 0 aliphatic rings. The van der Waals surface area contributed by atoms with E-state index >= 15 is 0 Å². The normalized spacial score (nSPS) is 10.8. The second kappa shape index (κ2) is 4.28. The number of aromatic amines is 1. The van der Waals surface area contributed by atoms with E-state index in [-0.39, 0.29) is 0 Å². The Labute approximate surface area is 111 Å². The number of aromatic nitrogens is 4. The molecule has 1 aromatic carbocycles. The summed E-state index contributed by atoms with van der Waals surface area (Å²) in [5.41, 5.74) is 11.1. The summed E-state index contributed by atoms with van der Waals surface area (Å²) < 4.78 is 1.76. The van der Waals surface area contributed by atoms with Crippen LogP contribution in [0.15, 0.2) is 36.7 Å². The van der Waals surface area contributed by atoms with Crippen molar-refractivity contribution < 1.29 is 0 Å². The topological polar surface area (TPSA) is 72.5 Å². The minimum Gasteiger partial charge on any atom is -0.382 e. The van der Waals surface area contributed by atoms with Crippen LogP contribution in [0, 0.1) is 6.92 Å². The number of rotatable bonds is 2. The SMILES string of the molecule is Cc1ccccc1-c1c(N)n[nH]c1-c1cnn(C)c1. The van der Waals surface area contributed by atoms with Gasteiger partial charge in [-0.05, 0) is 18.1 Å². The Bertz CT molecular complexity index is 723. The maximum atomic E-state index is 6.02. The molecule has 0 unspecified atom stereocenters. The van der Waals surface area contributed by atoms with Gasteiger partial charge in [0.1, 0.15) is 0 Å². The second-order valence-corrected chi connectivity index (χ2v) is 4.58. The van der Waals surface area contributed by atoms with Gasteiger partial charge in [-0.1, -0.05) is 24.3 Å². The van der Waals surface area contributed by atoms with E-state index in [0.29, 0.717) is 5.82 Å². The molecule has 0 aliphatic heterocycles. The lowest BCUT2D eigenvalue weighted by atomic mass is 9.98. The van der Waals surface area contributed by atoms with Gasteiger partial charge in [-0.25, -0.2) is 0 Å². The lowest BCUT2D eigenvalue weighted by molar-refractivity contribution is 0.768. The van der Waals surface area contributed by atoms with Crippen molar-refractivity contribution in [2.75, 3.05) is 5.73 Å². The van der Waals surface area contributed by atoms with E-state index in [9.17, 15) is 0 Å². The molecule has 0 saturated heterocycles. The third-order valence-electron chi connectivity index (χ3n) is 3.20. The van der Waals surface area contributed by atoms with Crippen LogP contribution < -0.4 is 5.73 Å². The Morgan fingerprint density at radius 3 is 2.74 bits per heavy atom. The van der Waals surface area contributed by atoms with Crippen LogP contribution in [0.3, 0.4) is 0 Å². The Morgan fingerprint density at radius 2 is 2.05 bits per heavy atom. The highest BCUT2D eigenvalue weighted by atomic mass is 15.2. The average molecular weight is 253 g/mol. The largest absolute Gasteiger partial charge is 0.382 e. The van der Waals surface area contributed by atoms with Gasteiger partial charge in [-0.2, -0.15) is 10.2 Å². The van der Waals surface area contributed by atoms with Gasteiger partial charge in [0.2, 0.25) is 0 Å². The molecule has 3 rings (SSSR count). The maximum absolute atomic E-state index is 6.02. The van der Waals surface area contributed by atoms with Crippen LogP contribution in [-0.2, 0) is 7.05 Å². The first-order valence-corrected chi connectivity index (χ1v) is 6.05. The summed E-state index contributed by atoms with van der Waals surface area (Å²) in [7, 11) is 1.89. The van der Waals surface area contributed by atoms with E-state index in [2.05, 4.69) is 34.4 Å². The van der Waals surface area contributed by atoms with Gasteiger partial charge in [0.25, 0.3) is 0 Å². The van der Waals surface area contributed by atoms with Crippen molar-refractivity contribution in [3.63, 3.8) is 0 Å². The monoisotopic (exact) mass is 253 g/mol. The van der Waals surface area contributed by atoms with Gasteiger partial charge in [-0.15, -0.1) is 0 Å². The summed E-state index contributed by atoms with van der Waals surface area (Å²) in [6.45, 7) is 2.06. The van der Waals surface area contributed by atoms with Crippen molar-refractivity contribution in [3.8, 4) is 22.4 Å². The lowest BCUT2D eigenvalue weighted by Gasteiger charge is -2.06. The van der Waals surface area contributed by atoms with Crippen molar-refractivity contribution in [1.82, 2.24) is 20.0 Å². The van der Waals surface area contributed by atoms with Crippen molar-refractivity contribution in [2.24, 2.45) is 7.05 Å². The minimum atomic E-state index is 0.508. The van der Waals surface area contributed by atoms with Crippen molar-refractivity contribution >= 4 is 5.82 Å². The van der Waals surface area contributed by atoms with Crippen LogP contribution >= 0.6 is 0 Å². The highest BCUT2D eigenvalue weighted by Crippen LogP contribution is 2.35. The molecule has 5 heteroatoms. The number of hydrogen-bond donors (Lipinski definition) is 2. The molecule has 19 heavy (non-hydrogen) atoms. The molecule has 3 aromatic rings. The van der Waals surface area contributed by atoms with Crippen LogP contribution in [0.1, 0.15) is 5.56 Å². The smallest absolute Gasteiger partial charge is 0.153 e. The molecule has 0 spiro atoms. The molecule has 0 bridgehead atoms. The number of H-pyrrole nitrogens is 1. The van der Waals surface area contributed by atoms with E-state index in [1.165, 1.54) is 5.56 Å². The molecule has 0 fully saturated rings. The Morgan fingerprint density at radius 1 is 1.26 bits per heavy atom. The summed E-state index contributed by atoms with van der Waals surface area (Å²) in [5, 5.41) is 11.3. The third-order valence-corrected chi connectivity index (χ3v) is 3.20. The molecule has 3 N–H and O–H groups in total. The summed E-state index contributed by atoms with van der Waals surface area (Å²) in [4.78, 5) is 0. The Balaban J connectivity index is 2.22. The van der Waals surface area contributed by atoms with Gasteiger partial charge < -0.3 is 5.73 Å². The maximum Gasteiger partial charge on any atom is 0.153 e. The standard InChI is InChI=1S/C14H15N5/c1-9-5-3-4-6-11(9)12-13(17-18-14(12)15)10-7-16-19(2)8-10/h3-8H,1-2H3,(H3,15,17,18). The number of hydrogen-bond acceptors (Lipinski definition) is 3.